The predicted molar refractivity (Wildman–Crippen MR) is 39.8 cm³/mol. The van der Waals surface area contributed by atoms with E-state index in [1.807, 2.05) is 24.3 Å². The number of nitrogens with two attached hydrogens (primary N) is 2. The first-order chi connectivity index (χ1) is 4.83. The molecule has 3 nitrogen and oxygen atoms in total. The van der Waals surface area contributed by atoms with E-state index < -0.39 is 0 Å². The zero-order valence-corrected chi connectivity index (χ0v) is 5.58. The summed E-state index contributed by atoms with van der Waals surface area (Å²) in [7, 11) is 0. The van der Waals surface area contributed by atoms with Crippen LogP contribution < -0.4 is 11.6 Å². The van der Waals surface area contributed by atoms with Crippen LogP contribution in [0.25, 0.3) is 0 Å². The lowest BCUT2D eigenvalue weighted by Crippen LogP contribution is -1.99. The highest BCUT2D eigenvalue weighted by Crippen LogP contribution is 2.06. The highest BCUT2D eigenvalue weighted by Gasteiger charge is 1.90. The van der Waals surface area contributed by atoms with Gasteiger partial charge in [0.15, 0.2) is 0 Å². The molecule has 0 aromatic heterocycles. The van der Waals surface area contributed by atoms with Crippen LogP contribution >= 0.6 is 0 Å². The van der Waals surface area contributed by atoms with Crippen molar-refractivity contribution in [1.82, 2.24) is 0 Å². The number of nitrogen functional groups attached to an aromatic ring is 1. The second kappa shape index (κ2) is 3.20. The number of benzene rings is 1. The van der Waals surface area contributed by atoms with Crippen molar-refractivity contribution < 1.29 is 4.84 Å². The molecule has 0 saturated heterocycles. The maximum atomic E-state index is 5.49. The third kappa shape index (κ3) is 1.72. The van der Waals surface area contributed by atoms with Crippen molar-refractivity contribution in [3.05, 3.63) is 29.8 Å². The van der Waals surface area contributed by atoms with E-state index in [0.717, 1.165) is 11.3 Å². The second-order valence-electron chi connectivity index (χ2n) is 2.06. The van der Waals surface area contributed by atoms with Crippen LogP contribution in [0.5, 0.6) is 0 Å². The Balaban J connectivity index is 2.75. The van der Waals surface area contributed by atoms with Gasteiger partial charge in [-0.25, -0.2) is 5.90 Å². The van der Waals surface area contributed by atoms with Crippen molar-refractivity contribution in [1.29, 1.82) is 0 Å². The molecule has 0 aliphatic heterocycles. The zero-order valence-electron chi connectivity index (χ0n) is 5.58. The van der Waals surface area contributed by atoms with Crippen molar-refractivity contribution in [3.8, 4) is 0 Å². The van der Waals surface area contributed by atoms with Gasteiger partial charge < -0.3 is 5.73 Å². The Morgan fingerprint density at radius 3 is 2.80 bits per heavy atom. The van der Waals surface area contributed by atoms with Gasteiger partial charge in [-0.2, -0.15) is 0 Å². The molecule has 0 fully saturated rings. The number of hydrogen-bond acceptors (Lipinski definition) is 3. The van der Waals surface area contributed by atoms with Crippen LogP contribution in [0, 0.1) is 0 Å². The lowest BCUT2D eigenvalue weighted by atomic mass is 10.2. The summed E-state index contributed by atoms with van der Waals surface area (Å²) < 4.78 is 0. The van der Waals surface area contributed by atoms with Gasteiger partial charge >= 0.3 is 0 Å². The van der Waals surface area contributed by atoms with Crippen LogP contribution in [0.1, 0.15) is 5.56 Å². The van der Waals surface area contributed by atoms with Gasteiger partial charge in [0.1, 0.15) is 0 Å². The van der Waals surface area contributed by atoms with E-state index in [0.29, 0.717) is 6.61 Å². The van der Waals surface area contributed by atoms with Gasteiger partial charge in [-0.05, 0) is 17.7 Å². The van der Waals surface area contributed by atoms with Crippen molar-refractivity contribution >= 4 is 5.69 Å². The molecule has 1 aromatic rings. The standard InChI is InChI=1S/C7H10N2O/c8-7-3-1-2-6(4-7)5-10-9/h1-4H,5,8-9H2. The highest BCUT2D eigenvalue weighted by molar-refractivity contribution is 5.40. The fraction of sp³-hybridized carbons (Fsp3) is 0.143. The van der Waals surface area contributed by atoms with Crippen LogP contribution in [0.15, 0.2) is 24.3 Å². The van der Waals surface area contributed by atoms with Gasteiger partial charge in [-0.3, -0.25) is 4.84 Å². The quantitative estimate of drug-likeness (QED) is 0.466. The summed E-state index contributed by atoms with van der Waals surface area (Å²) in [4.78, 5) is 4.43. The summed E-state index contributed by atoms with van der Waals surface area (Å²) in [6.45, 7) is 0.408. The zero-order chi connectivity index (χ0) is 7.40. The smallest absolute Gasteiger partial charge is 0.0930 e. The Bertz CT molecular complexity index is 213. The summed E-state index contributed by atoms with van der Waals surface area (Å²) in [6.07, 6.45) is 0. The lowest BCUT2D eigenvalue weighted by Gasteiger charge is -1.98. The Labute approximate surface area is 59.5 Å². The van der Waals surface area contributed by atoms with Gasteiger partial charge in [0.2, 0.25) is 0 Å². The first kappa shape index (κ1) is 7.05. The molecule has 0 bridgehead atoms. The molecule has 0 radical (unpaired) electrons. The molecule has 0 amide bonds. The third-order valence-corrected chi connectivity index (χ3v) is 1.20. The van der Waals surface area contributed by atoms with Crippen LogP contribution in [-0.4, -0.2) is 0 Å². The lowest BCUT2D eigenvalue weighted by molar-refractivity contribution is 0.124. The molecule has 0 spiro atoms. The second-order valence-corrected chi connectivity index (χ2v) is 2.06. The molecule has 0 aliphatic carbocycles. The number of hydrogen-bond donors (Lipinski definition) is 2. The molecule has 1 rings (SSSR count). The molecule has 0 saturated carbocycles. The van der Waals surface area contributed by atoms with Gasteiger partial charge in [-0.15, -0.1) is 0 Å². The molecular formula is C7H10N2O. The minimum Gasteiger partial charge on any atom is -0.399 e. The molecule has 4 N–H and O–H groups in total. The summed E-state index contributed by atoms with van der Waals surface area (Å²) in [6, 6.07) is 7.42. The Hall–Kier alpha value is -1.06. The van der Waals surface area contributed by atoms with Crippen molar-refractivity contribution in [2.75, 3.05) is 5.73 Å². The van der Waals surface area contributed by atoms with E-state index in [-0.39, 0.29) is 0 Å². The minimum atomic E-state index is 0.408. The predicted octanol–water partition coefficient (Wildman–Crippen LogP) is 0.659. The van der Waals surface area contributed by atoms with Gasteiger partial charge in [-0.1, -0.05) is 12.1 Å². The van der Waals surface area contributed by atoms with Gasteiger partial charge in [0.25, 0.3) is 0 Å². The summed E-state index contributed by atoms with van der Waals surface area (Å²) in [5, 5.41) is 0. The number of rotatable bonds is 2. The van der Waals surface area contributed by atoms with E-state index in [1.54, 1.807) is 0 Å². The summed E-state index contributed by atoms with van der Waals surface area (Å²) in [5.41, 5.74) is 7.21. The molecule has 1 aromatic carbocycles. The van der Waals surface area contributed by atoms with E-state index in [9.17, 15) is 0 Å². The van der Waals surface area contributed by atoms with Crippen LogP contribution in [0.4, 0.5) is 5.69 Å². The van der Waals surface area contributed by atoms with Crippen LogP contribution in [0.3, 0.4) is 0 Å². The molecule has 10 heavy (non-hydrogen) atoms. The molecule has 0 atom stereocenters. The van der Waals surface area contributed by atoms with Crippen LogP contribution in [0.2, 0.25) is 0 Å². The van der Waals surface area contributed by atoms with Crippen molar-refractivity contribution in [2.45, 2.75) is 6.61 Å². The molecule has 0 heterocycles. The van der Waals surface area contributed by atoms with E-state index >= 15 is 0 Å². The normalized spacial score (nSPS) is 9.70. The summed E-state index contributed by atoms with van der Waals surface area (Å²) in [5.74, 6) is 4.87. The maximum absolute atomic E-state index is 5.49. The monoisotopic (exact) mass is 138 g/mol. The Kier molecular flexibility index (Phi) is 2.25. The highest BCUT2D eigenvalue weighted by atomic mass is 16.6. The molecule has 54 valence electrons. The summed E-state index contributed by atoms with van der Waals surface area (Å²) >= 11 is 0. The fourth-order valence-electron chi connectivity index (χ4n) is 0.779. The average Bonchev–Trinajstić information content (AvgIpc) is 1.88. The van der Waals surface area contributed by atoms with Crippen LogP contribution in [-0.2, 0) is 11.4 Å². The van der Waals surface area contributed by atoms with E-state index in [1.165, 1.54) is 0 Å². The molecule has 0 aliphatic rings. The van der Waals surface area contributed by atoms with Gasteiger partial charge in [0, 0.05) is 5.69 Å². The Morgan fingerprint density at radius 2 is 2.20 bits per heavy atom. The van der Waals surface area contributed by atoms with E-state index in [2.05, 4.69) is 4.84 Å². The maximum Gasteiger partial charge on any atom is 0.0930 e. The van der Waals surface area contributed by atoms with E-state index in [4.69, 9.17) is 11.6 Å². The molecular weight excluding hydrogens is 128 g/mol. The number of anilines is 1. The van der Waals surface area contributed by atoms with Gasteiger partial charge in [0.05, 0.1) is 6.61 Å². The third-order valence-electron chi connectivity index (χ3n) is 1.20. The van der Waals surface area contributed by atoms with Crippen molar-refractivity contribution in [2.24, 2.45) is 5.90 Å². The topological polar surface area (TPSA) is 61.3 Å². The largest absolute Gasteiger partial charge is 0.399 e. The average molecular weight is 138 g/mol. The first-order valence-corrected chi connectivity index (χ1v) is 2.99. The fourth-order valence-corrected chi connectivity index (χ4v) is 0.779. The van der Waals surface area contributed by atoms with Crippen molar-refractivity contribution in [3.63, 3.8) is 0 Å². The Morgan fingerprint density at radius 1 is 1.40 bits per heavy atom. The SMILES string of the molecule is NOCc1cccc(N)c1. The molecule has 3 heteroatoms. The minimum absolute atomic E-state index is 0.408. The first-order valence-electron chi connectivity index (χ1n) is 2.99. The molecule has 0 unspecified atom stereocenters.